The molecule has 126 valence electrons. The van der Waals surface area contributed by atoms with Gasteiger partial charge in [0.05, 0.1) is 32.3 Å². The van der Waals surface area contributed by atoms with Crippen LogP contribution in [0.5, 0.6) is 5.75 Å². The molecule has 0 amide bonds. The number of carbonyl (C=O) groups is 1. The van der Waals surface area contributed by atoms with E-state index in [1.165, 1.54) is 7.11 Å². The molecular formula is C17H23NO5. The summed E-state index contributed by atoms with van der Waals surface area (Å²) in [5.41, 5.74) is 1.59. The van der Waals surface area contributed by atoms with Crippen LogP contribution in [0.2, 0.25) is 0 Å². The summed E-state index contributed by atoms with van der Waals surface area (Å²) in [5, 5.41) is 20.3. The van der Waals surface area contributed by atoms with E-state index in [-0.39, 0.29) is 24.9 Å². The monoisotopic (exact) mass is 321 g/mol. The number of benzene rings is 1. The summed E-state index contributed by atoms with van der Waals surface area (Å²) in [6.45, 7) is 3.46. The third kappa shape index (κ3) is 4.24. The fraction of sp³-hybridized carbons (Fsp3) is 0.471. The van der Waals surface area contributed by atoms with Crippen molar-refractivity contribution in [3.8, 4) is 5.75 Å². The Morgan fingerprint density at radius 3 is 2.57 bits per heavy atom. The number of fused-ring (bicyclic) bond motifs is 1. The molecule has 1 aromatic carbocycles. The van der Waals surface area contributed by atoms with Gasteiger partial charge in [-0.25, -0.2) is 0 Å². The third-order valence-electron chi connectivity index (χ3n) is 3.91. The van der Waals surface area contributed by atoms with E-state index < -0.39 is 12.2 Å². The van der Waals surface area contributed by atoms with Crippen molar-refractivity contribution >= 4 is 16.9 Å². The maximum absolute atomic E-state index is 11.4. The molecule has 2 rings (SSSR count). The quantitative estimate of drug-likeness (QED) is 0.674. The molecule has 0 radical (unpaired) electrons. The van der Waals surface area contributed by atoms with Crippen LogP contribution in [0, 0.1) is 5.92 Å². The normalized spacial score (nSPS) is 15.2. The molecule has 2 aromatic rings. The van der Waals surface area contributed by atoms with Crippen LogP contribution in [0.3, 0.4) is 0 Å². The van der Waals surface area contributed by atoms with Gasteiger partial charge in [0.1, 0.15) is 5.75 Å². The van der Waals surface area contributed by atoms with Crippen molar-refractivity contribution in [2.75, 3.05) is 13.7 Å². The minimum Gasteiger partial charge on any atom is -0.492 e. The standard InChI is InChI=1S/C17H23NO5/c1-10(19)14(11(2)20)9-23-16-6-4-5-15-13(16)7-12(18-15)8-17(21)22-3/h4-7,10-11,14,18-20H,8-9H2,1-3H3. The van der Waals surface area contributed by atoms with Gasteiger partial charge in [0, 0.05) is 22.5 Å². The number of ether oxygens (including phenoxy) is 2. The molecule has 0 saturated carbocycles. The number of aliphatic hydroxyl groups is 2. The lowest BCUT2D eigenvalue weighted by molar-refractivity contribution is -0.139. The molecule has 23 heavy (non-hydrogen) atoms. The number of nitrogens with one attached hydrogen (secondary N) is 1. The Kier molecular flexibility index (Phi) is 5.63. The first-order valence-corrected chi connectivity index (χ1v) is 7.58. The van der Waals surface area contributed by atoms with E-state index in [2.05, 4.69) is 9.72 Å². The van der Waals surface area contributed by atoms with Gasteiger partial charge < -0.3 is 24.7 Å². The first-order valence-electron chi connectivity index (χ1n) is 7.58. The van der Waals surface area contributed by atoms with Gasteiger partial charge >= 0.3 is 5.97 Å². The number of aromatic amines is 1. The molecule has 0 aliphatic carbocycles. The van der Waals surface area contributed by atoms with E-state index in [1.807, 2.05) is 24.3 Å². The molecule has 0 bridgehead atoms. The second-order valence-corrected chi connectivity index (χ2v) is 5.72. The number of carbonyl (C=O) groups excluding carboxylic acids is 1. The summed E-state index contributed by atoms with van der Waals surface area (Å²) in [7, 11) is 1.35. The van der Waals surface area contributed by atoms with E-state index in [1.54, 1.807) is 13.8 Å². The number of aliphatic hydroxyl groups excluding tert-OH is 2. The van der Waals surface area contributed by atoms with Crippen molar-refractivity contribution in [3.05, 3.63) is 30.0 Å². The predicted octanol–water partition coefficient (Wildman–Crippen LogP) is 1.64. The topological polar surface area (TPSA) is 91.8 Å². The fourth-order valence-corrected chi connectivity index (χ4v) is 2.50. The first-order chi connectivity index (χ1) is 10.9. The third-order valence-corrected chi connectivity index (χ3v) is 3.91. The Bertz CT molecular complexity index is 654. The Hall–Kier alpha value is -2.05. The minimum absolute atomic E-state index is 0.161. The lowest BCUT2D eigenvalue weighted by Gasteiger charge is -2.23. The van der Waals surface area contributed by atoms with Crippen LogP contribution < -0.4 is 4.74 Å². The molecule has 2 atom stereocenters. The van der Waals surface area contributed by atoms with Gasteiger partial charge in [0.2, 0.25) is 0 Å². The van der Waals surface area contributed by atoms with Crippen LogP contribution in [0.25, 0.3) is 10.9 Å². The molecule has 1 aromatic heterocycles. The van der Waals surface area contributed by atoms with Gasteiger partial charge in [-0.15, -0.1) is 0 Å². The highest BCUT2D eigenvalue weighted by atomic mass is 16.5. The van der Waals surface area contributed by atoms with Crippen LogP contribution in [0.1, 0.15) is 19.5 Å². The fourth-order valence-electron chi connectivity index (χ4n) is 2.50. The van der Waals surface area contributed by atoms with Crippen LogP contribution in [0.4, 0.5) is 0 Å². The highest BCUT2D eigenvalue weighted by Crippen LogP contribution is 2.27. The van der Waals surface area contributed by atoms with E-state index in [0.29, 0.717) is 5.75 Å². The molecule has 0 spiro atoms. The molecule has 0 fully saturated rings. The van der Waals surface area contributed by atoms with Crippen LogP contribution in [-0.2, 0) is 16.0 Å². The van der Waals surface area contributed by atoms with Gasteiger partial charge in [0.25, 0.3) is 0 Å². The van der Waals surface area contributed by atoms with E-state index in [0.717, 1.165) is 16.6 Å². The molecule has 6 heteroatoms. The average molecular weight is 321 g/mol. The predicted molar refractivity (Wildman–Crippen MR) is 86.4 cm³/mol. The Morgan fingerprint density at radius 2 is 1.96 bits per heavy atom. The summed E-state index contributed by atoms with van der Waals surface area (Å²) in [4.78, 5) is 14.5. The van der Waals surface area contributed by atoms with E-state index in [4.69, 9.17) is 4.74 Å². The van der Waals surface area contributed by atoms with Gasteiger partial charge in [-0.3, -0.25) is 4.79 Å². The maximum Gasteiger partial charge on any atom is 0.311 e. The smallest absolute Gasteiger partial charge is 0.311 e. The zero-order valence-electron chi connectivity index (χ0n) is 13.6. The summed E-state index contributed by atoms with van der Waals surface area (Å²) >= 11 is 0. The van der Waals surface area contributed by atoms with E-state index in [9.17, 15) is 15.0 Å². The van der Waals surface area contributed by atoms with Crippen LogP contribution in [-0.4, -0.2) is 47.1 Å². The Labute approximate surface area is 135 Å². The van der Waals surface area contributed by atoms with Crippen molar-refractivity contribution < 1.29 is 24.5 Å². The number of aromatic nitrogens is 1. The van der Waals surface area contributed by atoms with Gasteiger partial charge in [-0.05, 0) is 32.0 Å². The van der Waals surface area contributed by atoms with Crippen molar-refractivity contribution in [3.63, 3.8) is 0 Å². The zero-order chi connectivity index (χ0) is 17.0. The lowest BCUT2D eigenvalue weighted by atomic mass is 9.99. The maximum atomic E-state index is 11.4. The largest absolute Gasteiger partial charge is 0.492 e. The molecule has 0 saturated heterocycles. The SMILES string of the molecule is COC(=O)Cc1cc2c(OCC(C(C)O)C(C)O)cccc2[nH]1. The number of methoxy groups -OCH3 is 1. The molecule has 0 aliphatic heterocycles. The number of hydrogen-bond acceptors (Lipinski definition) is 5. The first kappa shape index (κ1) is 17.3. The minimum atomic E-state index is -0.671. The number of rotatable bonds is 7. The molecule has 6 nitrogen and oxygen atoms in total. The van der Waals surface area contributed by atoms with E-state index >= 15 is 0 Å². The Balaban J connectivity index is 2.19. The lowest BCUT2D eigenvalue weighted by Crippen LogP contribution is -2.33. The number of hydrogen-bond donors (Lipinski definition) is 3. The molecule has 0 aliphatic rings. The van der Waals surface area contributed by atoms with Crippen molar-refractivity contribution in [1.82, 2.24) is 4.98 Å². The summed E-state index contributed by atoms with van der Waals surface area (Å²) < 4.78 is 10.5. The highest BCUT2D eigenvalue weighted by Gasteiger charge is 2.22. The number of esters is 1. The second kappa shape index (κ2) is 7.48. The Morgan fingerprint density at radius 1 is 1.26 bits per heavy atom. The molecular weight excluding hydrogens is 298 g/mol. The van der Waals surface area contributed by atoms with Gasteiger partial charge in [-0.1, -0.05) is 6.07 Å². The summed E-state index contributed by atoms with van der Waals surface area (Å²) in [6.07, 6.45) is -1.18. The molecule has 3 N–H and O–H groups in total. The number of H-pyrrole nitrogens is 1. The van der Waals surface area contributed by atoms with Crippen molar-refractivity contribution in [1.29, 1.82) is 0 Å². The average Bonchev–Trinajstić information content (AvgIpc) is 2.89. The van der Waals surface area contributed by atoms with Crippen LogP contribution >= 0.6 is 0 Å². The van der Waals surface area contributed by atoms with Crippen LogP contribution in [0.15, 0.2) is 24.3 Å². The second-order valence-electron chi connectivity index (χ2n) is 5.72. The van der Waals surface area contributed by atoms with Crippen molar-refractivity contribution in [2.24, 2.45) is 5.92 Å². The van der Waals surface area contributed by atoms with Gasteiger partial charge in [-0.2, -0.15) is 0 Å². The van der Waals surface area contributed by atoms with Crippen molar-refractivity contribution in [2.45, 2.75) is 32.5 Å². The highest BCUT2D eigenvalue weighted by molar-refractivity contribution is 5.87. The zero-order valence-corrected chi connectivity index (χ0v) is 13.6. The molecule has 1 heterocycles. The molecule has 2 unspecified atom stereocenters. The summed E-state index contributed by atoms with van der Waals surface area (Å²) in [6, 6.07) is 7.40. The summed E-state index contributed by atoms with van der Waals surface area (Å²) in [5.74, 6) is -0.0535. The van der Waals surface area contributed by atoms with Gasteiger partial charge in [0.15, 0.2) is 0 Å².